The van der Waals surface area contributed by atoms with E-state index in [1.165, 1.54) is 6.39 Å². The summed E-state index contributed by atoms with van der Waals surface area (Å²) in [5.74, 6) is -0.449. The van der Waals surface area contributed by atoms with E-state index in [-0.39, 0.29) is 5.58 Å². The second kappa shape index (κ2) is 3.61. The van der Waals surface area contributed by atoms with Crippen molar-refractivity contribution in [1.29, 1.82) is 0 Å². The van der Waals surface area contributed by atoms with E-state index in [2.05, 4.69) is 15.1 Å². The molecule has 6 heteroatoms. The van der Waals surface area contributed by atoms with E-state index < -0.39 is 5.82 Å². The summed E-state index contributed by atoms with van der Waals surface area (Å²) >= 11 is 0. The maximum atomic E-state index is 14.4. The van der Waals surface area contributed by atoms with Gasteiger partial charge in [-0.2, -0.15) is 5.10 Å². The molecule has 0 fully saturated rings. The van der Waals surface area contributed by atoms with Gasteiger partial charge in [0.25, 0.3) is 0 Å². The monoisotopic (exact) mass is 254 g/mol. The normalized spacial score (nSPS) is 11.4. The van der Waals surface area contributed by atoms with Gasteiger partial charge in [0.2, 0.25) is 0 Å². The van der Waals surface area contributed by atoms with E-state index in [4.69, 9.17) is 4.42 Å². The summed E-state index contributed by atoms with van der Waals surface area (Å²) in [6.45, 7) is 0. The first kappa shape index (κ1) is 10.2. The van der Waals surface area contributed by atoms with Crippen LogP contribution in [-0.2, 0) is 0 Å². The van der Waals surface area contributed by atoms with Gasteiger partial charge in [0, 0.05) is 23.5 Å². The van der Waals surface area contributed by atoms with Gasteiger partial charge in [-0.3, -0.25) is 0 Å². The van der Waals surface area contributed by atoms with Gasteiger partial charge in [-0.25, -0.2) is 18.9 Å². The standard InChI is InChI=1S/C13H7FN4O/c14-11-8(2-3-10-12(11)19-7-16-10)9-6-17-18-5-1-4-15-13(9)18/h1-7H. The minimum absolute atomic E-state index is 0.146. The summed E-state index contributed by atoms with van der Waals surface area (Å²) in [6, 6.07) is 5.13. The largest absolute Gasteiger partial charge is 0.440 e. The maximum absolute atomic E-state index is 14.4. The second-order valence-electron chi connectivity index (χ2n) is 4.07. The number of rotatable bonds is 1. The third-order valence-corrected chi connectivity index (χ3v) is 3.01. The Balaban J connectivity index is 2.06. The highest BCUT2D eigenvalue weighted by atomic mass is 19.1. The van der Waals surface area contributed by atoms with E-state index in [0.29, 0.717) is 22.3 Å². The molecule has 0 bridgehead atoms. The molecule has 0 spiro atoms. The zero-order valence-electron chi connectivity index (χ0n) is 9.62. The van der Waals surface area contributed by atoms with Crippen LogP contribution in [0.15, 0.2) is 47.6 Å². The SMILES string of the molecule is Fc1c(-c2cnn3cccnc23)ccc2ncoc12. The Bertz CT molecular complexity index is 896. The number of fused-ring (bicyclic) bond motifs is 2. The van der Waals surface area contributed by atoms with Gasteiger partial charge in [-0.05, 0) is 18.2 Å². The van der Waals surface area contributed by atoms with E-state index in [1.807, 2.05) is 0 Å². The van der Waals surface area contributed by atoms with Crippen LogP contribution in [0.5, 0.6) is 0 Å². The number of halogens is 1. The molecule has 0 saturated heterocycles. The van der Waals surface area contributed by atoms with Crippen molar-refractivity contribution < 1.29 is 8.81 Å². The Morgan fingerprint density at radius 3 is 3.05 bits per heavy atom. The molecule has 19 heavy (non-hydrogen) atoms. The summed E-state index contributed by atoms with van der Waals surface area (Å²) in [4.78, 5) is 8.14. The second-order valence-corrected chi connectivity index (χ2v) is 4.07. The zero-order chi connectivity index (χ0) is 12.8. The number of aromatic nitrogens is 4. The summed E-state index contributed by atoms with van der Waals surface area (Å²) in [6.07, 6.45) is 6.22. The van der Waals surface area contributed by atoms with E-state index in [1.54, 1.807) is 41.3 Å². The van der Waals surface area contributed by atoms with Gasteiger partial charge in [-0.15, -0.1) is 0 Å². The van der Waals surface area contributed by atoms with E-state index in [0.717, 1.165) is 0 Å². The van der Waals surface area contributed by atoms with Gasteiger partial charge in [0.05, 0.1) is 6.20 Å². The van der Waals surface area contributed by atoms with E-state index in [9.17, 15) is 4.39 Å². The van der Waals surface area contributed by atoms with Crippen molar-refractivity contribution in [1.82, 2.24) is 19.6 Å². The predicted octanol–water partition coefficient (Wildman–Crippen LogP) is 2.68. The number of benzene rings is 1. The van der Waals surface area contributed by atoms with Crippen molar-refractivity contribution in [3.05, 3.63) is 49.0 Å². The first-order valence-corrected chi connectivity index (χ1v) is 5.65. The fourth-order valence-electron chi connectivity index (χ4n) is 2.12. The van der Waals surface area contributed by atoms with Crippen LogP contribution < -0.4 is 0 Å². The molecule has 0 N–H and O–H groups in total. The topological polar surface area (TPSA) is 56.2 Å². The fraction of sp³-hybridized carbons (Fsp3) is 0. The van der Waals surface area contributed by atoms with Crippen LogP contribution in [0.3, 0.4) is 0 Å². The first-order valence-electron chi connectivity index (χ1n) is 5.65. The van der Waals surface area contributed by atoms with Crippen molar-refractivity contribution in [2.45, 2.75) is 0 Å². The van der Waals surface area contributed by atoms with Crippen LogP contribution in [0.2, 0.25) is 0 Å². The predicted molar refractivity (Wildman–Crippen MR) is 65.9 cm³/mol. The fourth-order valence-corrected chi connectivity index (χ4v) is 2.12. The van der Waals surface area contributed by atoms with Crippen LogP contribution in [0.25, 0.3) is 27.9 Å². The van der Waals surface area contributed by atoms with Gasteiger partial charge >= 0.3 is 0 Å². The average molecular weight is 254 g/mol. The molecule has 0 atom stereocenters. The van der Waals surface area contributed by atoms with Crippen LogP contribution >= 0.6 is 0 Å². The van der Waals surface area contributed by atoms with Crippen molar-refractivity contribution in [3.63, 3.8) is 0 Å². The Morgan fingerprint density at radius 1 is 1.16 bits per heavy atom. The van der Waals surface area contributed by atoms with Gasteiger partial charge in [-0.1, -0.05) is 0 Å². The van der Waals surface area contributed by atoms with Crippen LogP contribution in [0.4, 0.5) is 4.39 Å². The molecule has 3 heterocycles. The molecule has 5 nitrogen and oxygen atoms in total. The molecule has 0 saturated carbocycles. The molecule has 0 unspecified atom stereocenters. The lowest BCUT2D eigenvalue weighted by atomic mass is 10.1. The molecule has 3 aromatic heterocycles. The van der Waals surface area contributed by atoms with Crippen molar-refractivity contribution in [2.75, 3.05) is 0 Å². The quantitative estimate of drug-likeness (QED) is 0.524. The minimum Gasteiger partial charge on any atom is -0.440 e. The highest BCUT2D eigenvalue weighted by molar-refractivity contribution is 5.85. The van der Waals surface area contributed by atoms with Gasteiger partial charge in [0.15, 0.2) is 23.4 Å². The highest BCUT2D eigenvalue weighted by Crippen LogP contribution is 2.30. The lowest BCUT2D eigenvalue weighted by molar-refractivity contribution is 0.556. The van der Waals surface area contributed by atoms with E-state index >= 15 is 0 Å². The highest BCUT2D eigenvalue weighted by Gasteiger charge is 2.16. The molecular weight excluding hydrogens is 247 g/mol. The number of nitrogens with zero attached hydrogens (tertiary/aromatic N) is 4. The summed E-state index contributed by atoms with van der Waals surface area (Å²) in [7, 11) is 0. The molecule has 0 aliphatic rings. The van der Waals surface area contributed by atoms with Gasteiger partial charge in [0.1, 0.15) is 5.52 Å². The Kier molecular flexibility index (Phi) is 1.94. The average Bonchev–Trinajstić information content (AvgIpc) is 3.06. The number of hydrogen-bond acceptors (Lipinski definition) is 4. The van der Waals surface area contributed by atoms with Crippen LogP contribution in [0.1, 0.15) is 0 Å². The maximum Gasteiger partial charge on any atom is 0.190 e. The Labute approximate surface area is 106 Å². The molecule has 4 rings (SSSR count). The number of oxazole rings is 1. The van der Waals surface area contributed by atoms with Crippen LogP contribution in [-0.4, -0.2) is 19.6 Å². The molecule has 0 aliphatic carbocycles. The summed E-state index contributed by atoms with van der Waals surface area (Å²) in [5, 5.41) is 4.15. The lowest BCUT2D eigenvalue weighted by Crippen LogP contribution is -1.89. The molecule has 92 valence electrons. The minimum atomic E-state index is -0.449. The molecular formula is C13H7FN4O. The third-order valence-electron chi connectivity index (χ3n) is 3.01. The van der Waals surface area contributed by atoms with Crippen molar-refractivity contribution in [2.24, 2.45) is 0 Å². The Morgan fingerprint density at radius 2 is 2.11 bits per heavy atom. The molecule has 0 aliphatic heterocycles. The smallest absolute Gasteiger partial charge is 0.190 e. The van der Waals surface area contributed by atoms with Crippen molar-refractivity contribution >= 4 is 16.7 Å². The molecule has 0 amide bonds. The molecule has 0 radical (unpaired) electrons. The number of hydrogen-bond donors (Lipinski definition) is 0. The van der Waals surface area contributed by atoms with Crippen LogP contribution in [0, 0.1) is 5.82 Å². The summed E-state index contributed by atoms with van der Waals surface area (Å²) < 4.78 is 21.1. The molecule has 4 aromatic rings. The lowest BCUT2D eigenvalue weighted by Gasteiger charge is -2.00. The third kappa shape index (κ3) is 1.36. The summed E-state index contributed by atoms with van der Waals surface area (Å²) in [5.41, 5.74) is 2.26. The molecule has 1 aromatic carbocycles. The first-order chi connectivity index (χ1) is 9.34. The Hall–Kier alpha value is -2.76. The van der Waals surface area contributed by atoms with Gasteiger partial charge < -0.3 is 4.42 Å². The van der Waals surface area contributed by atoms with Crippen molar-refractivity contribution in [3.8, 4) is 11.1 Å². The zero-order valence-corrected chi connectivity index (χ0v) is 9.62.